The van der Waals surface area contributed by atoms with Gasteiger partial charge in [-0.15, -0.1) is 0 Å². The minimum Gasteiger partial charge on any atom is -0.497 e. The summed E-state index contributed by atoms with van der Waals surface area (Å²) in [6.45, 7) is 5.97. The predicted octanol–water partition coefficient (Wildman–Crippen LogP) is 1.57. The first-order valence-electron chi connectivity index (χ1n) is 17.2. The summed E-state index contributed by atoms with van der Waals surface area (Å²) in [6, 6.07) is 12.5. The van der Waals surface area contributed by atoms with E-state index >= 15 is 0 Å². The number of fused-ring (bicyclic) bond motifs is 18. The first kappa shape index (κ1) is 38.3. The van der Waals surface area contributed by atoms with Crippen molar-refractivity contribution in [3.8, 4) is 5.75 Å². The van der Waals surface area contributed by atoms with Gasteiger partial charge in [0.25, 0.3) is 5.91 Å². The van der Waals surface area contributed by atoms with E-state index in [1.165, 1.54) is 17.0 Å². The molecule has 272 valence electrons. The van der Waals surface area contributed by atoms with Crippen molar-refractivity contribution < 1.29 is 28.7 Å². The largest absolute Gasteiger partial charge is 0.497 e. The Balaban J connectivity index is 1.60. The van der Waals surface area contributed by atoms with Crippen molar-refractivity contribution in [2.24, 2.45) is 5.92 Å². The van der Waals surface area contributed by atoms with Gasteiger partial charge in [-0.1, -0.05) is 44.5 Å². The van der Waals surface area contributed by atoms with Crippen LogP contribution in [0.5, 0.6) is 5.75 Å². The number of ether oxygens (including phenoxy) is 1. The number of amides is 5. The van der Waals surface area contributed by atoms with Gasteiger partial charge in [0, 0.05) is 44.0 Å². The zero-order valence-electron chi connectivity index (χ0n) is 29.5. The molecule has 4 N–H and O–H groups in total. The van der Waals surface area contributed by atoms with Crippen molar-refractivity contribution in [1.82, 2.24) is 35.7 Å². The molecular formula is C37H47N7O7. The highest BCUT2D eigenvalue weighted by atomic mass is 16.5. The van der Waals surface area contributed by atoms with E-state index < -0.39 is 47.4 Å². The van der Waals surface area contributed by atoms with Crippen LogP contribution in [0.15, 0.2) is 71.8 Å². The number of benzene rings is 2. The van der Waals surface area contributed by atoms with E-state index in [9.17, 15) is 28.8 Å². The van der Waals surface area contributed by atoms with Gasteiger partial charge in [-0.05, 0) is 67.1 Å². The fourth-order valence-electron chi connectivity index (χ4n) is 5.59. The minimum atomic E-state index is -1.05. The third kappa shape index (κ3) is 11.0. The molecule has 5 rings (SSSR count). The van der Waals surface area contributed by atoms with E-state index in [0.29, 0.717) is 43.7 Å². The number of methoxy groups -OCH3 is 1. The quantitative estimate of drug-likeness (QED) is 0.268. The second kappa shape index (κ2) is 18.5. The normalized spacial score (nSPS) is 20.2. The Labute approximate surface area is 297 Å². The molecule has 2 aromatic carbocycles. The molecule has 1 unspecified atom stereocenters. The Morgan fingerprint density at radius 2 is 1.67 bits per heavy atom. The highest BCUT2D eigenvalue weighted by molar-refractivity contribution is 5.99. The van der Waals surface area contributed by atoms with Crippen molar-refractivity contribution in [1.29, 1.82) is 0 Å². The van der Waals surface area contributed by atoms with Gasteiger partial charge in [0.2, 0.25) is 23.6 Å². The average Bonchev–Trinajstić information content (AvgIpc) is 3.13. The second-order valence-electron chi connectivity index (χ2n) is 12.7. The van der Waals surface area contributed by atoms with Crippen LogP contribution in [0.3, 0.4) is 0 Å². The fraction of sp³-hybridized carbons (Fsp3) is 0.432. The molecule has 5 amide bonds. The van der Waals surface area contributed by atoms with Crippen LogP contribution >= 0.6 is 0 Å². The lowest BCUT2D eigenvalue weighted by Gasteiger charge is -2.27. The zero-order chi connectivity index (χ0) is 36.9. The maximum absolute atomic E-state index is 13.8. The number of nitrogens with one attached hydrogen (secondary N) is 4. The van der Waals surface area contributed by atoms with Crippen LogP contribution < -0.4 is 31.7 Å². The van der Waals surface area contributed by atoms with Gasteiger partial charge in [-0.2, -0.15) is 0 Å². The number of rotatable bonds is 7. The summed E-state index contributed by atoms with van der Waals surface area (Å²) in [4.78, 5) is 84.8. The molecule has 0 aliphatic carbocycles. The Hall–Kier alpha value is -5.53. The maximum Gasteiger partial charge on any atom is 0.347 e. The molecule has 2 bridgehead atoms. The van der Waals surface area contributed by atoms with E-state index in [1.54, 1.807) is 73.5 Å². The maximum atomic E-state index is 13.8. The highest BCUT2D eigenvalue weighted by Gasteiger charge is 2.31. The molecule has 3 heterocycles. The van der Waals surface area contributed by atoms with Crippen molar-refractivity contribution in [3.05, 3.63) is 94.2 Å². The van der Waals surface area contributed by atoms with E-state index in [2.05, 4.69) is 26.3 Å². The molecule has 0 fully saturated rings. The minimum absolute atomic E-state index is 0.128. The molecule has 0 radical (unpaired) electrons. The zero-order valence-corrected chi connectivity index (χ0v) is 29.5. The molecule has 2 aliphatic heterocycles. The van der Waals surface area contributed by atoms with Crippen molar-refractivity contribution in [2.45, 2.75) is 77.7 Å². The van der Waals surface area contributed by atoms with Crippen LogP contribution in [0.25, 0.3) is 0 Å². The number of aromatic nitrogens is 2. The van der Waals surface area contributed by atoms with Gasteiger partial charge in [0.15, 0.2) is 0 Å². The van der Waals surface area contributed by atoms with Gasteiger partial charge in [-0.3, -0.25) is 28.5 Å². The SMILES string of the molecule is CC[C@H](C)C1NC(=O)c2ccc(cc2)CN(C(=O)Cn2cccnc2=O)CCCCNC(=O)[C@@H](C)NC(=O)[C@H](Cc2ccc(OC)cc2)NC1=O. The van der Waals surface area contributed by atoms with E-state index in [4.69, 9.17) is 4.74 Å². The highest BCUT2D eigenvalue weighted by Crippen LogP contribution is 2.16. The molecule has 1 aromatic heterocycles. The first-order chi connectivity index (χ1) is 24.5. The molecule has 0 saturated heterocycles. The van der Waals surface area contributed by atoms with Crippen LogP contribution in [-0.2, 0) is 38.7 Å². The predicted molar refractivity (Wildman–Crippen MR) is 190 cm³/mol. The van der Waals surface area contributed by atoms with Crippen molar-refractivity contribution >= 4 is 29.5 Å². The number of carbonyl (C=O) groups is 5. The van der Waals surface area contributed by atoms with Crippen molar-refractivity contribution in [2.75, 3.05) is 20.2 Å². The molecule has 3 aromatic rings. The lowest BCUT2D eigenvalue weighted by molar-refractivity contribution is -0.133. The Morgan fingerprint density at radius 3 is 2.33 bits per heavy atom. The van der Waals surface area contributed by atoms with Crippen LogP contribution in [0, 0.1) is 5.92 Å². The van der Waals surface area contributed by atoms with Crippen LogP contribution in [-0.4, -0.2) is 82.3 Å². The molecule has 14 nitrogen and oxygen atoms in total. The fourth-order valence-corrected chi connectivity index (χ4v) is 5.59. The van der Waals surface area contributed by atoms with Crippen molar-refractivity contribution in [3.63, 3.8) is 0 Å². The summed E-state index contributed by atoms with van der Waals surface area (Å²) in [5, 5.41) is 11.2. The molecular weight excluding hydrogens is 654 g/mol. The lowest BCUT2D eigenvalue weighted by atomic mass is 9.96. The number of nitrogens with zero attached hydrogens (tertiary/aromatic N) is 3. The monoisotopic (exact) mass is 701 g/mol. The summed E-state index contributed by atoms with van der Waals surface area (Å²) in [7, 11) is 1.55. The molecule has 0 saturated carbocycles. The summed E-state index contributed by atoms with van der Waals surface area (Å²) in [5.41, 5.74) is 1.29. The molecule has 2 aliphatic rings. The Kier molecular flexibility index (Phi) is 13.9. The van der Waals surface area contributed by atoms with Gasteiger partial charge in [0.05, 0.1) is 7.11 Å². The average molecular weight is 702 g/mol. The second-order valence-corrected chi connectivity index (χ2v) is 12.7. The summed E-state index contributed by atoms with van der Waals surface area (Å²) >= 11 is 0. The van der Waals surface area contributed by atoms with Gasteiger partial charge in [-0.25, -0.2) is 9.78 Å². The van der Waals surface area contributed by atoms with Crippen LogP contribution in [0.4, 0.5) is 0 Å². The molecule has 14 heteroatoms. The smallest absolute Gasteiger partial charge is 0.347 e. The first-order valence-corrected chi connectivity index (χ1v) is 17.2. The Bertz CT molecular complexity index is 1730. The number of hydrogen-bond acceptors (Lipinski definition) is 8. The molecule has 0 spiro atoms. The van der Waals surface area contributed by atoms with E-state index in [1.807, 2.05) is 13.8 Å². The summed E-state index contributed by atoms with van der Waals surface area (Å²) < 4.78 is 6.48. The lowest BCUT2D eigenvalue weighted by Crippen LogP contribution is -2.58. The summed E-state index contributed by atoms with van der Waals surface area (Å²) in [5.74, 6) is -1.91. The van der Waals surface area contributed by atoms with Gasteiger partial charge < -0.3 is 30.9 Å². The third-order valence-electron chi connectivity index (χ3n) is 8.95. The van der Waals surface area contributed by atoms with Gasteiger partial charge >= 0.3 is 5.69 Å². The van der Waals surface area contributed by atoms with Gasteiger partial charge in [0.1, 0.15) is 30.4 Å². The molecule has 4 atom stereocenters. The van der Waals surface area contributed by atoms with E-state index in [-0.39, 0.29) is 31.3 Å². The summed E-state index contributed by atoms with van der Waals surface area (Å²) in [6.07, 6.45) is 4.64. The number of carbonyl (C=O) groups excluding carboxylic acids is 5. The topological polar surface area (TPSA) is 181 Å². The van der Waals surface area contributed by atoms with Crippen LogP contribution in [0.1, 0.15) is 61.5 Å². The molecule has 51 heavy (non-hydrogen) atoms. The number of hydrogen-bond donors (Lipinski definition) is 4. The van der Waals surface area contributed by atoms with Crippen LogP contribution in [0.2, 0.25) is 0 Å². The Morgan fingerprint density at radius 1 is 0.941 bits per heavy atom. The standard InChI is InChI=1S/C37H47N7O7/c1-5-24(2)32-36(49)41-30(21-26-11-15-29(51-4)16-12-26)35(48)40-25(3)33(46)38-17-6-7-19-43(31(45)23-44-20-8-18-39-37(44)50)22-27-9-13-28(14-10-27)34(47)42-32/h8-16,18,20,24-25,30,32H,5-7,17,19,21-23H2,1-4H3,(H,38,46)(H,40,48)(H,41,49)(H,42,47)/t24-,25+,30-,32?/m0/s1. The van der Waals surface area contributed by atoms with E-state index in [0.717, 1.165) is 11.1 Å². The third-order valence-corrected chi connectivity index (χ3v) is 8.95.